The summed E-state index contributed by atoms with van der Waals surface area (Å²) in [5, 5.41) is 18.9. The third kappa shape index (κ3) is 1.44. The molecule has 8 heteroatoms. The van der Waals surface area contributed by atoms with Crippen LogP contribution in [0.3, 0.4) is 0 Å². The van der Waals surface area contributed by atoms with Gasteiger partial charge in [-0.2, -0.15) is 14.9 Å². The van der Waals surface area contributed by atoms with E-state index in [0.717, 1.165) is 0 Å². The molecular weight excluding hydrogens is 212 g/mol. The summed E-state index contributed by atoms with van der Waals surface area (Å²) in [7, 11) is 0. The maximum Gasteiger partial charge on any atom is 0.336 e. The van der Waals surface area contributed by atoms with E-state index in [-0.39, 0.29) is 5.69 Å². The molecular formula is C8H10N6O2. The Morgan fingerprint density at radius 3 is 2.81 bits per heavy atom. The summed E-state index contributed by atoms with van der Waals surface area (Å²) in [5.41, 5.74) is 0.338. The molecule has 0 aliphatic rings. The maximum atomic E-state index is 11.0. The molecule has 0 atom stereocenters. The van der Waals surface area contributed by atoms with Crippen molar-refractivity contribution in [3.8, 4) is 5.82 Å². The van der Waals surface area contributed by atoms with Gasteiger partial charge < -0.3 is 0 Å². The number of aryl methyl sites for hydroxylation is 2. The molecule has 0 radical (unpaired) electrons. The molecule has 2 aromatic heterocycles. The standard InChI is InChI=1S/C8H10N6O2/c1-3-12-8(13-5-9-4-10-13)7(14(15)16)6(2)11-12/h4-5H,3H2,1-2H3. The second-order valence-corrected chi connectivity index (χ2v) is 3.17. The van der Waals surface area contributed by atoms with Crippen LogP contribution in [-0.4, -0.2) is 29.5 Å². The lowest BCUT2D eigenvalue weighted by Crippen LogP contribution is -2.08. The van der Waals surface area contributed by atoms with Gasteiger partial charge >= 0.3 is 5.69 Å². The van der Waals surface area contributed by atoms with Crippen LogP contribution in [0.2, 0.25) is 0 Å². The minimum absolute atomic E-state index is 0.0349. The molecule has 0 aliphatic carbocycles. The highest BCUT2D eigenvalue weighted by Crippen LogP contribution is 2.25. The van der Waals surface area contributed by atoms with E-state index < -0.39 is 4.92 Å². The molecule has 0 bridgehead atoms. The van der Waals surface area contributed by atoms with Crippen molar-refractivity contribution in [2.24, 2.45) is 0 Å². The predicted molar refractivity (Wildman–Crippen MR) is 54.2 cm³/mol. The first kappa shape index (κ1) is 10.3. The van der Waals surface area contributed by atoms with Gasteiger partial charge in [0.15, 0.2) is 0 Å². The first-order valence-electron chi connectivity index (χ1n) is 4.72. The summed E-state index contributed by atoms with van der Waals surface area (Å²) in [4.78, 5) is 14.3. The lowest BCUT2D eigenvalue weighted by atomic mass is 10.4. The molecule has 2 aromatic rings. The molecule has 0 fully saturated rings. The SMILES string of the molecule is CCn1nc(C)c([N+](=O)[O-])c1-n1cncn1. The Hall–Kier alpha value is -2.25. The summed E-state index contributed by atoms with van der Waals surface area (Å²) < 4.78 is 2.88. The Morgan fingerprint density at radius 2 is 2.31 bits per heavy atom. The smallest absolute Gasteiger partial charge is 0.258 e. The van der Waals surface area contributed by atoms with Crippen LogP contribution in [0.15, 0.2) is 12.7 Å². The van der Waals surface area contributed by atoms with Gasteiger partial charge in [0.1, 0.15) is 18.3 Å². The van der Waals surface area contributed by atoms with E-state index >= 15 is 0 Å². The zero-order valence-electron chi connectivity index (χ0n) is 8.86. The third-order valence-electron chi connectivity index (χ3n) is 2.19. The fourth-order valence-electron chi connectivity index (χ4n) is 1.54. The number of aromatic nitrogens is 5. The molecule has 0 aliphatic heterocycles. The van der Waals surface area contributed by atoms with Crippen molar-refractivity contribution in [3.05, 3.63) is 28.5 Å². The van der Waals surface area contributed by atoms with Crippen LogP contribution in [0.4, 0.5) is 5.69 Å². The number of rotatable bonds is 3. The molecule has 0 saturated heterocycles. The van der Waals surface area contributed by atoms with E-state index in [9.17, 15) is 10.1 Å². The minimum Gasteiger partial charge on any atom is -0.258 e. The van der Waals surface area contributed by atoms with Crippen LogP contribution < -0.4 is 0 Å². The molecule has 2 heterocycles. The van der Waals surface area contributed by atoms with E-state index in [2.05, 4.69) is 15.2 Å². The molecule has 84 valence electrons. The van der Waals surface area contributed by atoms with Crippen molar-refractivity contribution in [2.75, 3.05) is 0 Å². The Morgan fingerprint density at radius 1 is 1.56 bits per heavy atom. The molecule has 16 heavy (non-hydrogen) atoms. The van der Waals surface area contributed by atoms with Crippen molar-refractivity contribution in [1.29, 1.82) is 0 Å². The molecule has 0 unspecified atom stereocenters. The molecule has 0 N–H and O–H groups in total. The van der Waals surface area contributed by atoms with E-state index in [1.807, 2.05) is 6.92 Å². The van der Waals surface area contributed by atoms with Gasteiger partial charge in [0.25, 0.3) is 0 Å². The zero-order chi connectivity index (χ0) is 11.7. The average molecular weight is 222 g/mol. The Bertz CT molecular complexity index is 515. The van der Waals surface area contributed by atoms with Crippen molar-refractivity contribution in [2.45, 2.75) is 20.4 Å². The normalized spacial score (nSPS) is 10.6. The Balaban J connectivity index is 2.70. The molecule has 8 nitrogen and oxygen atoms in total. The second kappa shape index (κ2) is 3.72. The minimum atomic E-state index is -0.453. The van der Waals surface area contributed by atoms with Gasteiger partial charge in [-0.25, -0.2) is 9.67 Å². The summed E-state index contributed by atoms with van der Waals surface area (Å²) in [5.74, 6) is 0.336. The fourth-order valence-corrected chi connectivity index (χ4v) is 1.54. The van der Waals surface area contributed by atoms with Crippen LogP contribution in [-0.2, 0) is 6.54 Å². The third-order valence-corrected chi connectivity index (χ3v) is 2.19. The van der Waals surface area contributed by atoms with Gasteiger partial charge in [-0.15, -0.1) is 0 Å². The molecule has 0 saturated carbocycles. The van der Waals surface area contributed by atoms with Crippen molar-refractivity contribution >= 4 is 5.69 Å². The van der Waals surface area contributed by atoms with Gasteiger partial charge in [0, 0.05) is 6.54 Å². The maximum absolute atomic E-state index is 11.0. The predicted octanol–water partition coefficient (Wildman–Crippen LogP) is 0.700. The Labute approximate surface area is 90.7 Å². The molecule has 2 rings (SSSR count). The van der Waals surface area contributed by atoms with Crippen LogP contribution in [0.25, 0.3) is 5.82 Å². The lowest BCUT2D eigenvalue weighted by Gasteiger charge is -2.01. The molecule has 0 spiro atoms. The zero-order valence-corrected chi connectivity index (χ0v) is 8.86. The fraction of sp³-hybridized carbons (Fsp3) is 0.375. The van der Waals surface area contributed by atoms with Gasteiger partial charge in [0.2, 0.25) is 5.82 Å². The highest BCUT2D eigenvalue weighted by molar-refractivity contribution is 5.50. The van der Waals surface area contributed by atoms with Crippen molar-refractivity contribution in [1.82, 2.24) is 24.5 Å². The van der Waals surface area contributed by atoms with E-state index in [1.54, 1.807) is 6.92 Å². The summed E-state index contributed by atoms with van der Waals surface area (Å²) in [6.07, 6.45) is 2.74. The van der Waals surface area contributed by atoms with Gasteiger partial charge in [0.05, 0.1) is 4.92 Å². The quantitative estimate of drug-likeness (QED) is 0.563. The van der Waals surface area contributed by atoms with Crippen molar-refractivity contribution in [3.63, 3.8) is 0 Å². The Kier molecular flexibility index (Phi) is 2.39. The summed E-state index contributed by atoms with van der Waals surface area (Å²) in [6, 6.07) is 0. The van der Waals surface area contributed by atoms with Gasteiger partial charge in [-0.1, -0.05) is 0 Å². The summed E-state index contributed by atoms with van der Waals surface area (Å²) in [6.45, 7) is 3.99. The average Bonchev–Trinajstić information content (AvgIpc) is 2.82. The number of nitro groups is 1. The van der Waals surface area contributed by atoms with Gasteiger partial charge in [-0.3, -0.25) is 10.1 Å². The van der Waals surface area contributed by atoms with Gasteiger partial charge in [-0.05, 0) is 13.8 Å². The van der Waals surface area contributed by atoms with E-state index in [1.165, 1.54) is 22.0 Å². The largest absolute Gasteiger partial charge is 0.336 e. The topological polar surface area (TPSA) is 91.7 Å². The number of nitrogens with zero attached hydrogens (tertiary/aromatic N) is 6. The number of hydrogen-bond donors (Lipinski definition) is 0. The van der Waals surface area contributed by atoms with E-state index in [4.69, 9.17) is 0 Å². The van der Waals surface area contributed by atoms with Crippen LogP contribution >= 0.6 is 0 Å². The highest BCUT2D eigenvalue weighted by atomic mass is 16.6. The van der Waals surface area contributed by atoms with E-state index in [0.29, 0.717) is 18.1 Å². The number of hydrogen-bond acceptors (Lipinski definition) is 5. The highest BCUT2D eigenvalue weighted by Gasteiger charge is 2.26. The molecule has 0 aromatic carbocycles. The van der Waals surface area contributed by atoms with Crippen LogP contribution in [0, 0.1) is 17.0 Å². The molecule has 0 amide bonds. The second-order valence-electron chi connectivity index (χ2n) is 3.17. The van der Waals surface area contributed by atoms with Crippen molar-refractivity contribution < 1.29 is 4.92 Å². The monoisotopic (exact) mass is 222 g/mol. The first-order valence-corrected chi connectivity index (χ1v) is 4.72. The van der Waals surface area contributed by atoms with Crippen LogP contribution in [0.1, 0.15) is 12.6 Å². The van der Waals surface area contributed by atoms with Crippen LogP contribution in [0.5, 0.6) is 0 Å². The first-order chi connectivity index (χ1) is 7.65. The summed E-state index contributed by atoms with van der Waals surface area (Å²) >= 11 is 0. The lowest BCUT2D eigenvalue weighted by molar-refractivity contribution is -0.385.